The zero-order valence-corrected chi connectivity index (χ0v) is 15.4. The molecule has 1 amide bonds. The van der Waals surface area contributed by atoms with E-state index in [0.29, 0.717) is 5.92 Å². The fourth-order valence-corrected chi connectivity index (χ4v) is 3.86. The van der Waals surface area contributed by atoms with Crippen LogP contribution >= 0.6 is 0 Å². The second-order valence-electron chi connectivity index (χ2n) is 7.16. The van der Waals surface area contributed by atoms with Crippen LogP contribution in [0.3, 0.4) is 0 Å². The Morgan fingerprint density at radius 2 is 2.04 bits per heavy atom. The number of nitrogens with zero attached hydrogens (tertiary/aromatic N) is 4. The highest BCUT2D eigenvalue weighted by Gasteiger charge is 2.26. The Bertz CT molecular complexity index is 884. The first-order chi connectivity index (χ1) is 12.6. The van der Waals surface area contributed by atoms with Crippen molar-refractivity contribution in [2.24, 2.45) is 13.0 Å². The molecule has 1 saturated heterocycles. The summed E-state index contributed by atoms with van der Waals surface area (Å²) in [6.07, 6.45) is 5.62. The summed E-state index contributed by atoms with van der Waals surface area (Å²) >= 11 is 0. The van der Waals surface area contributed by atoms with Gasteiger partial charge in [0.15, 0.2) is 0 Å². The average molecular weight is 351 g/mol. The predicted molar refractivity (Wildman–Crippen MR) is 101 cm³/mol. The van der Waals surface area contributed by atoms with E-state index in [2.05, 4.69) is 21.1 Å². The number of likely N-dealkylation sites (tertiary alicyclic amines) is 1. The number of fused-ring (bicyclic) bond motifs is 1. The van der Waals surface area contributed by atoms with E-state index in [4.69, 9.17) is 0 Å². The molecule has 4 rings (SSSR count). The molecule has 6 heteroatoms. The van der Waals surface area contributed by atoms with E-state index in [-0.39, 0.29) is 5.91 Å². The first-order valence-corrected chi connectivity index (χ1v) is 9.39. The number of hydrogen-bond donors (Lipinski definition) is 1. The van der Waals surface area contributed by atoms with Crippen molar-refractivity contribution in [3.63, 3.8) is 0 Å². The SMILES string of the molecule is CCc1nn(C)cc1C(=O)N1CCC(Cc2nc3ccccc3[nH]2)CC1. The fourth-order valence-electron chi connectivity index (χ4n) is 3.86. The fraction of sp³-hybridized carbons (Fsp3) is 0.450. The molecule has 0 radical (unpaired) electrons. The third kappa shape index (κ3) is 3.23. The molecule has 26 heavy (non-hydrogen) atoms. The molecule has 0 bridgehead atoms. The van der Waals surface area contributed by atoms with E-state index in [1.165, 1.54) is 0 Å². The standard InChI is InChI=1S/C20H25N5O/c1-3-16-15(13-24(2)23-16)20(26)25-10-8-14(9-11-25)12-19-21-17-6-4-5-7-18(17)22-19/h4-7,13-14H,3,8-12H2,1-2H3,(H,21,22). The summed E-state index contributed by atoms with van der Waals surface area (Å²) < 4.78 is 1.74. The van der Waals surface area contributed by atoms with Gasteiger partial charge in [0.1, 0.15) is 5.82 Å². The molecule has 3 aromatic rings. The number of aromatic amines is 1. The van der Waals surface area contributed by atoms with Gasteiger partial charge in [0, 0.05) is 32.8 Å². The highest BCUT2D eigenvalue weighted by Crippen LogP contribution is 2.23. The maximum Gasteiger partial charge on any atom is 0.257 e. The van der Waals surface area contributed by atoms with Crippen LogP contribution in [0.5, 0.6) is 0 Å². The van der Waals surface area contributed by atoms with Crippen LogP contribution < -0.4 is 0 Å². The molecule has 1 aliphatic heterocycles. The van der Waals surface area contributed by atoms with Gasteiger partial charge in [-0.2, -0.15) is 5.10 Å². The molecule has 1 N–H and O–H groups in total. The highest BCUT2D eigenvalue weighted by atomic mass is 16.2. The molecular weight excluding hydrogens is 326 g/mol. The first-order valence-electron chi connectivity index (χ1n) is 9.39. The molecule has 1 aliphatic rings. The van der Waals surface area contributed by atoms with Gasteiger partial charge in [-0.15, -0.1) is 0 Å². The summed E-state index contributed by atoms with van der Waals surface area (Å²) in [6.45, 7) is 3.65. The summed E-state index contributed by atoms with van der Waals surface area (Å²) in [4.78, 5) is 22.9. The zero-order chi connectivity index (χ0) is 18.1. The average Bonchev–Trinajstić information content (AvgIpc) is 3.24. The molecule has 6 nitrogen and oxygen atoms in total. The van der Waals surface area contributed by atoms with E-state index in [0.717, 1.165) is 66.9 Å². The zero-order valence-electron chi connectivity index (χ0n) is 15.4. The highest BCUT2D eigenvalue weighted by molar-refractivity contribution is 5.95. The van der Waals surface area contributed by atoms with E-state index in [1.807, 2.05) is 43.3 Å². The summed E-state index contributed by atoms with van der Waals surface area (Å²) in [5.74, 6) is 1.74. The van der Waals surface area contributed by atoms with Crippen molar-refractivity contribution in [1.82, 2.24) is 24.6 Å². The smallest absolute Gasteiger partial charge is 0.257 e. The number of rotatable bonds is 4. The van der Waals surface area contributed by atoms with Crippen molar-refractivity contribution < 1.29 is 4.79 Å². The molecule has 1 fully saturated rings. The van der Waals surface area contributed by atoms with Gasteiger partial charge >= 0.3 is 0 Å². The molecule has 0 atom stereocenters. The Labute approximate surface area is 153 Å². The minimum atomic E-state index is 0.122. The number of amides is 1. The maximum atomic E-state index is 12.8. The number of hydrogen-bond acceptors (Lipinski definition) is 3. The molecule has 0 unspecified atom stereocenters. The molecule has 0 saturated carbocycles. The molecule has 136 valence electrons. The van der Waals surface area contributed by atoms with Gasteiger partial charge in [-0.3, -0.25) is 9.48 Å². The summed E-state index contributed by atoms with van der Waals surface area (Å²) in [5.41, 5.74) is 3.77. The number of H-pyrrole nitrogens is 1. The third-order valence-electron chi connectivity index (χ3n) is 5.29. The van der Waals surface area contributed by atoms with Crippen molar-refractivity contribution in [2.45, 2.75) is 32.6 Å². The van der Waals surface area contributed by atoms with Crippen molar-refractivity contribution >= 4 is 16.9 Å². The van der Waals surface area contributed by atoms with Crippen LogP contribution in [0.2, 0.25) is 0 Å². The molecular formula is C20H25N5O. The number of nitrogens with one attached hydrogen (secondary N) is 1. The topological polar surface area (TPSA) is 66.8 Å². The van der Waals surface area contributed by atoms with Gasteiger partial charge in [0.2, 0.25) is 0 Å². The van der Waals surface area contributed by atoms with E-state index < -0.39 is 0 Å². The van der Waals surface area contributed by atoms with Gasteiger partial charge < -0.3 is 9.88 Å². The molecule has 2 aromatic heterocycles. The van der Waals surface area contributed by atoms with Crippen molar-refractivity contribution in [2.75, 3.05) is 13.1 Å². The summed E-state index contributed by atoms with van der Waals surface area (Å²) in [5, 5.41) is 4.39. The Kier molecular flexibility index (Phi) is 4.49. The number of aryl methyl sites for hydroxylation is 2. The Hall–Kier alpha value is -2.63. The van der Waals surface area contributed by atoms with Crippen molar-refractivity contribution in [1.29, 1.82) is 0 Å². The largest absolute Gasteiger partial charge is 0.342 e. The monoisotopic (exact) mass is 351 g/mol. The number of aromatic nitrogens is 4. The molecule has 1 aromatic carbocycles. The molecule has 0 aliphatic carbocycles. The number of carbonyl (C=O) groups excluding carboxylic acids is 1. The lowest BCUT2D eigenvalue weighted by Crippen LogP contribution is -2.39. The van der Waals surface area contributed by atoms with Gasteiger partial charge in [-0.05, 0) is 37.3 Å². The lowest BCUT2D eigenvalue weighted by atomic mass is 9.93. The van der Waals surface area contributed by atoms with Gasteiger partial charge in [-0.25, -0.2) is 4.98 Å². The van der Waals surface area contributed by atoms with Crippen molar-refractivity contribution in [3.8, 4) is 0 Å². The van der Waals surface area contributed by atoms with Gasteiger partial charge in [0.25, 0.3) is 5.91 Å². The van der Waals surface area contributed by atoms with Crippen LogP contribution in [0, 0.1) is 5.92 Å². The summed E-state index contributed by atoms with van der Waals surface area (Å²) in [7, 11) is 1.87. The number of imidazole rings is 1. The number of para-hydroxylation sites is 2. The molecule has 3 heterocycles. The normalized spacial score (nSPS) is 15.7. The predicted octanol–water partition coefficient (Wildman–Crippen LogP) is 2.95. The van der Waals surface area contributed by atoms with Crippen LogP contribution in [0.4, 0.5) is 0 Å². The Balaban J connectivity index is 1.38. The lowest BCUT2D eigenvalue weighted by molar-refractivity contribution is 0.0689. The quantitative estimate of drug-likeness (QED) is 0.786. The number of carbonyl (C=O) groups is 1. The summed E-state index contributed by atoms with van der Waals surface area (Å²) in [6, 6.07) is 8.14. The van der Waals surface area contributed by atoms with E-state index >= 15 is 0 Å². The second-order valence-corrected chi connectivity index (χ2v) is 7.16. The maximum absolute atomic E-state index is 12.8. The first kappa shape index (κ1) is 16.8. The van der Waals surface area contributed by atoms with Crippen LogP contribution in [0.1, 0.15) is 41.6 Å². The number of piperidine rings is 1. The van der Waals surface area contributed by atoms with Crippen LogP contribution in [0.25, 0.3) is 11.0 Å². The number of benzene rings is 1. The van der Waals surface area contributed by atoms with Crippen LogP contribution in [-0.2, 0) is 19.9 Å². The van der Waals surface area contributed by atoms with Crippen molar-refractivity contribution in [3.05, 3.63) is 47.5 Å². The van der Waals surface area contributed by atoms with E-state index in [1.54, 1.807) is 4.68 Å². The Morgan fingerprint density at radius 3 is 2.77 bits per heavy atom. The van der Waals surface area contributed by atoms with Crippen LogP contribution in [-0.4, -0.2) is 43.6 Å². The van der Waals surface area contributed by atoms with E-state index in [9.17, 15) is 4.79 Å². The van der Waals surface area contributed by atoms with Gasteiger partial charge in [-0.1, -0.05) is 19.1 Å². The Morgan fingerprint density at radius 1 is 1.27 bits per heavy atom. The van der Waals surface area contributed by atoms with Crippen LogP contribution in [0.15, 0.2) is 30.5 Å². The molecule has 0 spiro atoms. The van der Waals surface area contributed by atoms with Gasteiger partial charge in [0.05, 0.1) is 22.3 Å². The lowest BCUT2D eigenvalue weighted by Gasteiger charge is -2.31. The second kappa shape index (κ2) is 6.94. The minimum absolute atomic E-state index is 0.122. The third-order valence-corrected chi connectivity index (χ3v) is 5.29. The minimum Gasteiger partial charge on any atom is -0.342 e.